The SMILES string of the molecule is CCc1ccc(S(=O)(=O)Nc2ccc(Cl)cc2)cc1N. The van der Waals surface area contributed by atoms with E-state index in [0.29, 0.717) is 16.4 Å². The van der Waals surface area contributed by atoms with Crippen LogP contribution in [0.5, 0.6) is 0 Å². The summed E-state index contributed by atoms with van der Waals surface area (Å²) in [5, 5.41) is 0.546. The molecular formula is C14H15ClN2O2S. The minimum absolute atomic E-state index is 0.141. The van der Waals surface area contributed by atoms with Gasteiger partial charge in [0, 0.05) is 16.4 Å². The molecule has 0 heterocycles. The molecule has 0 aliphatic carbocycles. The molecule has 0 amide bonds. The van der Waals surface area contributed by atoms with Crippen molar-refractivity contribution < 1.29 is 8.42 Å². The van der Waals surface area contributed by atoms with Gasteiger partial charge in [0.2, 0.25) is 0 Å². The van der Waals surface area contributed by atoms with E-state index in [1.165, 1.54) is 6.07 Å². The molecular weight excluding hydrogens is 296 g/mol. The monoisotopic (exact) mass is 310 g/mol. The summed E-state index contributed by atoms with van der Waals surface area (Å²) in [6.45, 7) is 1.96. The Morgan fingerprint density at radius 3 is 2.35 bits per heavy atom. The van der Waals surface area contributed by atoms with Crippen LogP contribution in [0.1, 0.15) is 12.5 Å². The number of nitrogen functional groups attached to an aromatic ring is 1. The van der Waals surface area contributed by atoms with Gasteiger partial charge in [0.25, 0.3) is 10.0 Å². The normalized spacial score (nSPS) is 11.3. The van der Waals surface area contributed by atoms with Crippen molar-refractivity contribution in [2.75, 3.05) is 10.5 Å². The summed E-state index contributed by atoms with van der Waals surface area (Å²) in [5.74, 6) is 0. The topological polar surface area (TPSA) is 72.2 Å². The van der Waals surface area contributed by atoms with Gasteiger partial charge in [-0.25, -0.2) is 8.42 Å². The van der Waals surface area contributed by atoms with E-state index < -0.39 is 10.0 Å². The van der Waals surface area contributed by atoms with Gasteiger partial charge >= 0.3 is 0 Å². The van der Waals surface area contributed by atoms with Crippen molar-refractivity contribution in [3.05, 3.63) is 53.1 Å². The van der Waals surface area contributed by atoms with Crippen LogP contribution in [0.3, 0.4) is 0 Å². The Balaban J connectivity index is 2.30. The van der Waals surface area contributed by atoms with E-state index in [2.05, 4.69) is 4.72 Å². The summed E-state index contributed by atoms with van der Waals surface area (Å²) in [7, 11) is -3.65. The number of hydrogen-bond acceptors (Lipinski definition) is 3. The molecule has 0 aliphatic rings. The number of nitrogens with one attached hydrogen (secondary N) is 1. The number of nitrogens with two attached hydrogens (primary N) is 1. The fourth-order valence-corrected chi connectivity index (χ4v) is 3.01. The summed E-state index contributed by atoms with van der Waals surface area (Å²) in [6.07, 6.45) is 0.761. The van der Waals surface area contributed by atoms with Crippen molar-refractivity contribution in [3.63, 3.8) is 0 Å². The van der Waals surface area contributed by atoms with Crippen molar-refractivity contribution in [1.82, 2.24) is 0 Å². The second kappa shape index (κ2) is 5.73. The summed E-state index contributed by atoms with van der Waals surface area (Å²) >= 11 is 5.76. The molecule has 0 saturated carbocycles. The van der Waals surface area contributed by atoms with Gasteiger partial charge in [0.05, 0.1) is 4.90 Å². The molecule has 0 aromatic heterocycles. The number of sulfonamides is 1. The van der Waals surface area contributed by atoms with Crippen LogP contribution in [-0.2, 0) is 16.4 Å². The van der Waals surface area contributed by atoms with Crippen LogP contribution in [0.4, 0.5) is 11.4 Å². The molecule has 4 nitrogen and oxygen atoms in total. The molecule has 20 heavy (non-hydrogen) atoms. The molecule has 2 aromatic rings. The Morgan fingerprint density at radius 2 is 1.80 bits per heavy atom. The van der Waals surface area contributed by atoms with Crippen molar-refractivity contribution in [3.8, 4) is 0 Å². The highest BCUT2D eigenvalue weighted by atomic mass is 35.5. The van der Waals surface area contributed by atoms with E-state index in [1.807, 2.05) is 6.92 Å². The average Bonchev–Trinajstić information content (AvgIpc) is 2.41. The zero-order chi connectivity index (χ0) is 14.8. The van der Waals surface area contributed by atoms with Crippen LogP contribution in [0.2, 0.25) is 5.02 Å². The Morgan fingerprint density at radius 1 is 1.15 bits per heavy atom. The summed E-state index contributed by atoms with van der Waals surface area (Å²) in [6, 6.07) is 11.2. The summed E-state index contributed by atoms with van der Waals surface area (Å²) in [4.78, 5) is 0.141. The van der Waals surface area contributed by atoms with E-state index in [0.717, 1.165) is 12.0 Å². The predicted molar refractivity (Wildman–Crippen MR) is 82.5 cm³/mol. The first-order chi connectivity index (χ1) is 9.42. The predicted octanol–water partition coefficient (Wildman–Crippen LogP) is 3.29. The first-order valence-electron chi connectivity index (χ1n) is 6.09. The third-order valence-electron chi connectivity index (χ3n) is 2.90. The number of rotatable bonds is 4. The highest BCUT2D eigenvalue weighted by molar-refractivity contribution is 7.92. The lowest BCUT2D eigenvalue weighted by atomic mass is 10.1. The molecule has 0 unspecified atom stereocenters. The van der Waals surface area contributed by atoms with E-state index in [-0.39, 0.29) is 4.90 Å². The van der Waals surface area contributed by atoms with Crippen molar-refractivity contribution in [2.24, 2.45) is 0 Å². The van der Waals surface area contributed by atoms with Gasteiger partial charge in [-0.1, -0.05) is 24.6 Å². The number of hydrogen-bond donors (Lipinski definition) is 2. The molecule has 6 heteroatoms. The molecule has 3 N–H and O–H groups in total. The van der Waals surface area contributed by atoms with Crippen molar-refractivity contribution >= 4 is 33.0 Å². The van der Waals surface area contributed by atoms with Gasteiger partial charge < -0.3 is 5.73 Å². The minimum atomic E-state index is -3.65. The molecule has 0 bridgehead atoms. The lowest BCUT2D eigenvalue weighted by molar-refractivity contribution is 0.601. The van der Waals surface area contributed by atoms with Gasteiger partial charge in [0.15, 0.2) is 0 Å². The zero-order valence-electron chi connectivity index (χ0n) is 10.9. The number of aryl methyl sites for hydroxylation is 1. The van der Waals surface area contributed by atoms with E-state index in [1.54, 1.807) is 36.4 Å². The molecule has 106 valence electrons. The van der Waals surface area contributed by atoms with Crippen molar-refractivity contribution in [2.45, 2.75) is 18.2 Å². The van der Waals surface area contributed by atoms with E-state index in [9.17, 15) is 8.42 Å². The number of anilines is 2. The first-order valence-corrected chi connectivity index (χ1v) is 7.95. The summed E-state index contributed by atoms with van der Waals surface area (Å²) < 4.78 is 27.0. The van der Waals surface area contributed by atoms with Crippen LogP contribution >= 0.6 is 11.6 Å². The quantitative estimate of drug-likeness (QED) is 0.851. The smallest absolute Gasteiger partial charge is 0.261 e. The Kier molecular flexibility index (Phi) is 4.20. The van der Waals surface area contributed by atoms with E-state index in [4.69, 9.17) is 17.3 Å². The van der Waals surface area contributed by atoms with Crippen LogP contribution in [0, 0.1) is 0 Å². The van der Waals surface area contributed by atoms with Gasteiger partial charge in [-0.05, 0) is 48.4 Å². The van der Waals surface area contributed by atoms with Crippen LogP contribution in [0.15, 0.2) is 47.4 Å². The van der Waals surface area contributed by atoms with Gasteiger partial charge in [-0.15, -0.1) is 0 Å². The average molecular weight is 311 g/mol. The third kappa shape index (κ3) is 3.23. The standard InChI is InChI=1S/C14H15ClN2O2S/c1-2-10-3-8-13(9-14(10)16)20(18,19)17-12-6-4-11(15)5-7-12/h3-9,17H,2,16H2,1H3. The van der Waals surface area contributed by atoms with E-state index >= 15 is 0 Å². The van der Waals surface area contributed by atoms with Gasteiger partial charge in [-0.3, -0.25) is 4.72 Å². The largest absolute Gasteiger partial charge is 0.398 e. The molecule has 2 rings (SSSR count). The Hall–Kier alpha value is -1.72. The maximum atomic E-state index is 12.2. The molecule has 2 aromatic carbocycles. The second-order valence-corrected chi connectivity index (χ2v) is 6.45. The second-order valence-electron chi connectivity index (χ2n) is 4.33. The maximum absolute atomic E-state index is 12.2. The van der Waals surface area contributed by atoms with Gasteiger partial charge in [-0.2, -0.15) is 0 Å². The molecule has 0 aliphatic heterocycles. The van der Waals surface area contributed by atoms with Gasteiger partial charge in [0.1, 0.15) is 0 Å². The fraction of sp³-hybridized carbons (Fsp3) is 0.143. The molecule has 0 radical (unpaired) electrons. The highest BCUT2D eigenvalue weighted by Gasteiger charge is 2.15. The molecule has 0 atom stereocenters. The number of benzene rings is 2. The fourth-order valence-electron chi connectivity index (χ4n) is 1.79. The van der Waals surface area contributed by atoms with Crippen LogP contribution in [0.25, 0.3) is 0 Å². The summed E-state index contributed by atoms with van der Waals surface area (Å²) in [5.41, 5.74) is 7.69. The molecule has 0 fully saturated rings. The Labute approximate surface area is 123 Å². The zero-order valence-corrected chi connectivity index (χ0v) is 12.5. The molecule has 0 saturated heterocycles. The lowest BCUT2D eigenvalue weighted by Crippen LogP contribution is -2.13. The third-order valence-corrected chi connectivity index (χ3v) is 4.54. The molecule has 0 spiro atoms. The highest BCUT2D eigenvalue weighted by Crippen LogP contribution is 2.22. The lowest BCUT2D eigenvalue weighted by Gasteiger charge is -2.10. The maximum Gasteiger partial charge on any atom is 0.261 e. The van der Waals surface area contributed by atoms with Crippen LogP contribution < -0.4 is 10.5 Å². The minimum Gasteiger partial charge on any atom is -0.398 e. The first kappa shape index (κ1) is 14.7. The number of halogens is 1. The Bertz CT molecular complexity index is 712. The van der Waals surface area contributed by atoms with Crippen molar-refractivity contribution in [1.29, 1.82) is 0 Å². The van der Waals surface area contributed by atoms with Crippen LogP contribution in [-0.4, -0.2) is 8.42 Å².